The number of ether oxygens (including phenoxy) is 2. The summed E-state index contributed by atoms with van der Waals surface area (Å²) < 4.78 is 39.1. The Hall–Kier alpha value is -3.76. The molecule has 3 aromatic rings. The second-order valence-corrected chi connectivity index (χ2v) is 11.3. The van der Waals surface area contributed by atoms with Crippen LogP contribution in [-0.2, 0) is 14.8 Å². The molecule has 4 rings (SSSR count). The fourth-order valence-corrected chi connectivity index (χ4v) is 5.96. The molecule has 0 aromatic heterocycles. The van der Waals surface area contributed by atoms with Gasteiger partial charge in [-0.05, 0) is 67.8 Å². The second kappa shape index (κ2) is 12.4. The van der Waals surface area contributed by atoms with Crippen LogP contribution in [0.4, 0.5) is 11.4 Å². The minimum Gasteiger partial charge on any atom is -0.493 e. The topological polar surface area (TPSA) is 105 Å². The number of rotatable bonds is 9. The standard InChI is InChI=1S/C28H30ClN3O6S/c1-37-25-15-14-22(18-26(25)38-2)39(35,36)32(21-12-10-20(29)11-13-21)19-27(33)30-24-9-5-4-8-23(24)28(34)31-16-6-3-7-17-31/h4-5,8-15,18H,3,6-7,16-17,19H2,1-2H3,(H,30,33). The van der Waals surface area contributed by atoms with Gasteiger partial charge >= 0.3 is 0 Å². The first-order valence-electron chi connectivity index (χ1n) is 12.4. The van der Waals surface area contributed by atoms with Gasteiger partial charge in [0.2, 0.25) is 5.91 Å². The Bertz CT molecular complexity index is 1440. The Morgan fingerprint density at radius 2 is 1.59 bits per heavy atom. The summed E-state index contributed by atoms with van der Waals surface area (Å²) in [6.45, 7) is 0.772. The molecular formula is C28H30ClN3O6S. The van der Waals surface area contributed by atoms with E-state index in [-0.39, 0.29) is 22.2 Å². The molecule has 1 N–H and O–H groups in total. The number of nitrogens with zero attached hydrogens (tertiary/aromatic N) is 2. The van der Waals surface area contributed by atoms with Crippen molar-refractivity contribution in [1.29, 1.82) is 0 Å². The molecule has 11 heteroatoms. The van der Waals surface area contributed by atoms with Crippen molar-refractivity contribution in [2.24, 2.45) is 0 Å². The van der Waals surface area contributed by atoms with Gasteiger partial charge in [-0.15, -0.1) is 0 Å². The van der Waals surface area contributed by atoms with E-state index in [2.05, 4.69) is 5.32 Å². The first-order chi connectivity index (χ1) is 18.7. The van der Waals surface area contributed by atoms with Crippen LogP contribution in [0.25, 0.3) is 0 Å². The molecular weight excluding hydrogens is 542 g/mol. The van der Waals surface area contributed by atoms with E-state index in [0.717, 1.165) is 23.6 Å². The number of sulfonamides is 1. The highest BCUT2D eigenvalue weighted by atomic mass is 35.5. The van der Waals surface area contributed by atoms with Crippen molar-refractivity contribution in [3.63, 3.8) is 0 Å². The van der Waals surface area contributed by atoms with Gasteiger partial charge in [-0.25, -0.2) is 8.42 Å². The average molecular weight is 572 g/mol. The zero-order valence-corrected chi connectivity index (χ0v) is 23.3. The van der Waals surface area contributed by atoms with Crippen molar-refractivity contribution in [3.8, 4) is 11.5 Å². The Labute approximate surface area is 233 Å². The van der Waals surface area contributed by atoms with E-state index >= 15 is 0 Å². The third-order valence-corrected chi connectivity index (χ3v) is 8.44. The fraction of sp³-hybridized carbons (Fsp3) is 0.286. The Kier molecular flexibility index (Phi) is 8.98. The predicted molar refractivity (Wildman–Crippen MR) is 150 cm³/mol. The zero-order valence-electron chi connectivity index (χ0n) is 21.7. The number of amides is 2. The summed E-state index contributed by atoms with van der Waals surface area (Å²) in [6.07, 6.45) is 2.95. The predicted octanol–water partition coefficient (Wildman–Crippen LogP) is 4.82. The first kappa shape index (κ1) is 28.3. The van der Waals surface area contributed by atoms with Gasteiger partial charge < -0.3 is 19.7 Å². The lowest BCUT2D eigenvalue weighted by molar-refractivity contribution is -0.114. The van der Waals surface area contributed by atoms with Crippen LogP contribution >= 0.6 is 11.6 Å². The lowest BCUT2D eigenvalue weighted by Gasteiger charge is -2.28. The summed E-state index contributed by atoms with van der Waals surface area (Å²) in [5.41, 5.74) is 0.910. The van der Waals surface area contributed by atoms with Crippen LogP contribution in [0.3, 0.4) is 0 Å². The molecule has 1 fully saturated rings. The van der Waals surface area contributed by atoms with E-state index in [0.29, 0.717) is 35.1 Å². The van der Waals surface area contributed by atoms with Gasteiger partial charge in [0.25, 0.3) is 15.9 Å². The second-order valence-electron chi connectivity index (χ2n) is 8.95. The van der Waals surface area contributed by atoms with Gasteiger partial charge in [0, 0.05) is 24.2 Å². The van der Waals surface area contributed by atoms with E-state index in [1.807, 2.05) is 0 Å². The summed E-state index contributed by atoms with van der Waals surface area (Å²) in [5, 5.41) is 3.16. The molecule has 0 unspecified atom stereocenters. The van der Waals surface area contributed by atoms with Crippen LogP contribution in [0.1, 0.15) is 29.6 Å². The molecule has 1 saturated heterocycles. The van der Waals surface area contributed by atoms with E-state index in [1.54, 1.807) is 41.3 Å². The molecule has 1 heterocycles. The van der Waals surface area contributed by atoms with Crippen LogP contribution < -0.4 is 19.1 Å². The molecule has 0 saturated carbocycles. The summed E-state index contributed by atoms with van der Waals surface area (Å²) >= 11 is 6.03. The number of likely N-dealkylation sites (tertiary alicyclic amines) is 1. The number of carbonyl (C=O) groups is 2. The Balaban J connectivity index is 1.64. The Morgan fingerprint density at radius 3 is 2.26 bits per heavy atom. The normalized spacial score (nSPS) is 13.5. The van der Waals surface area contributed by atoms with E-state index in [1.165, 1.54) is 44.6 Å². The van der Waals surface area contributed by atoms with E-state index in [4.69, 9.17) is 21.1 Å². The third kappa shape index (κ3) is 6.46. The summed E-state index contributed by atoms with van der Waals surface area (Å²) in [5.74, 6) is -0.197. The highest BCUT2D eigenvalue weighted by Crippen LogP contribution is 2.32. The molecule has 3 aromatic carbocycles. The van der Waals surface area contributed by atoms with Crippen LogP contribution in [0.2, 0.25) is 5.02 Å². The van der Waals surface area contributed by atoms with Gasteiger partial charge in [0.1, 0.15) is 6.54 Å². The van der Waals surface area contributed by atoms with E-state index in [9.17, 15) is 18.0 Å². The van der Waals surface area contributed by atoms with Gasteiger partial charge in [0.15, 0.2) is 11.5 Å². The molecule has 39 heavy (non-hydrogen) atoms. The van der Waals surface area contributed by atoms with Gasteiger partial charge in [-0.2, -0.15) is 0 Å². The van der Waals surface area contributed by atoms with Crippen molar-refractivity contribution in [1.82, 2.24) is 4.90 Å². The molecule has 9 nitrogen and oxygen atoms in total. The molecule has 1 aliphatic rings. The number of halogens is 1. The minimum absolute atomic E-state index is 0.0939. The van der Waals surface area contributed by atoms with Crippen LogP contribution in [-0.4, -0.2) is 59.0 Å². The Morgan fingerprint density at radius 1 is 0.923 bits per heavy atom. The van der Waals surface area contributed by atoms with Crippen molar-refractivity contribution < 1.29 is 27.5 Å². The third-order valence-electron chi connectivity index (χ3n) is 6.42. The molecule has 206 valence electrons. The van der Waals surface area contributed by atoms with Crippen molar-refractivity contribution in [2.75, 3.05) is 43.5 Å². The van der Waals surface area contributed by atoms with Crippen molar-refractivity contribution in [2.45, 2.75) is 24.2 Å². The van der Waals surface area contributed by atoms with Crippen molar-refractivity contribution >= 4 is 44.8 Å². The van der Waals surface area contributed by atoms with Gasteiger partial charge in [-0.1, -0.05) is 23.7 Å². The van der Waals surface area contributed by atoms with E-state index < -0.39 is 22.5 Å². The average Bonchev–Trinajstić information content (AvgIpc) is 2.96. The summed E-state index contributed by atoms with van der Waals surface area (Å²) in [7, 11) is -1.38. The highest BCUT2D eigenvalue weighted by molar-refractivity contribution is 7.92. The SMILES string of the molecule is COc1ccc(S(=O)(=O)N(CC(=O)Nc2ccccc2C(=O)N2CCCCC2)c2ccc(Cl)cc2)cc1OC. The molecule has 0 spiro atoms. The molecule has 0 radical (unpaired) electrons. The zero-order chi connectivity index (χ0) is 28.0. The molecule has 0 bridgehead atoms. The number of hydrogen-bond acceptors (Lipinski definition) is 6. The molecule has 1 aliphatic heterocycles. The summed E-state index contributed by atoms with van der Waals surface area (Å²) in [4.78, 5) is 28.2. The molecule has 0 aliphatic carbocycles. The highest BCUT2D eigenvalue weighted by Gasteiger charge is 2.29. The van der Waals surface area contributed by atoms with Crippen LogP contribution in [0.5, 0.6) is 11.5 Å². The number of para-hydroxylation sites is 1. The monoisotopic (exact) mass is 571 g/mol. The van der Waals surface area contributed by atoms with Crippen LogP contribution in [0, 0.1) is 0 Å². The number of benzene rings is 3. The van der Waals surface area contributed by atoms with Gasteiger partial charge in [0.05, 0.1) is 36.1 Å². The number of hydrogen-bond donors (Lipinski definition) is 1. The van der Waals surface area contributed by atoms with Crippen molar-refractivity contribution in [3.05, 3.63) is 77.3 Å². The van der Waals surface area contributed by atoms with Gasteiger partial charge in [-0.3, -0.25) is 13.9 Å². The minimum atomic E-state index is -4.24. The smallest absolute Gasteiger partial charge is 0.264 e. The summed E-state index contributed by atoms with van der Waals surface area (Å²) in [6, 6.07) is 17.0. The number of carbonyl (C=O) groups excluding carboxylic acids is 2. The molecule has 0 atom stereocenters. The first-order valence-corrected chi connectivity index (χ1v) is 14.2. The fourth-order valence-electron chi connectivity index (χ4n) is 4.39. The lowest BCUT2D eigenvalue weighted by Crippen LogP contribution is -2.39. The maximum atomic E-state index is 13.8. The number of piperidine rings is 1. The largest absolute Gasteiger partial charge is 0.493 e. The number of nitrogens with one attached hydrogen (secondary N) is 1. The number of methoxy groups -OCH3 is 2. The quantitative estimate of drug-likeness (QED) is 0.395. The van der Waals surface area contributed by atoms with Crippen LogP contribution in [0.15, 0.2) is 71.6 Å². The maximum Gasteiger partial charge on any atom is 0.264 e. The maximum absolute atomic E-state index is 13.8. The number of anilines is 2. The lowest BCUT2D eigenvalue weighted by atomic mass is 10.1. The molecule has 2 amide bonds.